The zero-order chi connectivity index (χ0) is 17.1. The van der Waals surface area contributed by atoms with Crippen molar-refractivity contribution in [3.05, 3.63) is 40.7 Å². The molecular weight excluding hydrogens is 326 g/mol. The van der Waals surface area contributed by atoms with Gasteiger partial charge < -0.3 is 9.47 Å². The highest BCUT2D eigenvalue weighted by Crippen LogP contribution is 2.37. The largest absolute Gasteiger partial charge is 0.454 e. The van der Waals surface area contributed by atoms with Gasteiger partial charge in [-0.3, -0.25) is 9.58 Å². The molecule has 2 aromatic rings. The smallest absolute Gasteiger partial charge is 0.231 e. The van der Waals surface area contributed by atoms with Crippen molar-refractivity contribution in [3.8, 4) is 11.5 Å². The lowest BCUT2D eigenvalue weighted by Gasteiger charge is -2.24. The van der Waals surface area contributed by atoms with Crippen LogP contribution >= 0.6 is 11.6 Å². The van der Waals surface area contributed by atoms with Crippen LogP contribution in [0.4, 0.5) is 0 Å². The van der Waals surface area contributed by atoms with Crippen molar-refractivity contribution >= 4 is 11.6 Å². The molecule has 0 saturated heterocycles. The topological polar surface area (TPSA) is 39.5 Å². The molecule has 0 spiro atoms. The number of nitrogens with zero attached hydrogens (tertiary/aromatic N) is 3. The highest BCUT2D eigenvalue weighted by molar-refractivity contribution is 6.31. The molecule has 0 bridgehead atoms. The summed E-state index contributed by atoms with van der Waals surface area (Å²) < 4.78 is 12.8. The van der Waals surface area contributed by atoms with Crippen molar-refractivity contribution in [1.29, 1.82) is 0 Å². The van der Waals surface area contributed by atoms with Crippen LogP contribution in [-0.4, -0.2) is 28.0 Å². The lowest BCUT2D eigenvalue weighted by atomic mass is 10.1. The summed E-state index contributed by atoms with van der Waals surface area (Å²) in [4.78, 5) is 2.39. The normalized spacial score (nSPS) is 13.2. The number of ether oxygens (including phenoxy) is 2. The Labute approximate surface area is 148 Å². The molecule has 5 nitrogen and oxygen atoms in total. The van der Waals surface area contributed by atoms with E-state index >= 15 is 0 Å². The van der Waals surface area contributed by atoms with Gasteiger partial charge in [-0.2, -0.15) is 5.10 Å². The van der Waals surface area contributed by atoms with Crippen LogP contribution in [0.5, 0.6) is 11.5 Å². The summed E-state index contributed by atoms with van der Waals surface area (Å²) in [5, 5.41) is 5.09. The Bertz CT molecular complexity index is 700. The molecule has 0 N–H and O–H groups in total. The fourth-order valence-corrected chi connectivity index (χ4v) is 3.16. The van der Waals surface area contributed by atoms with Gasteiger partial charge in [0.2, 0.25) is 6.79 Å². The molecule has 1 aromatic heterocycles. The fourth-order valence-electron chi connectivity index (χ4n) is 2.94. The van der Waals surface area contributed by atoms with Gasteiger partial charge in [0.25, 0.3) is 0 Å². The van der Waals surface area contributed by atoms with Gasteiger partial charge in [0.05, 0.1) is 6.20 Å². The van der Waals surface area contributed by atoms with Crippen LogP contribution in [0, 0.1) is 5.92 Å². The van der Waals surface area contributed by atoms with Gasteiger partial charge in [0, 0.05) is 49.0 Å². The molecule has 2 heterocycles. The van der Waals surface area contributed by atoms with Crippen molar-refractivity contribution in [3.63, 3.8) is 0 Å². The Morgan fingerprint density at radius 1 is 1.25 bits per heavy atom. The summed E-state index contributed by atoms with van der Waals surface area (Å²) in [6, 6.07) is 3.84. The molecule has 0 unspecified atom stereocenters. The van der Waals surface area contributed by atoms with E-state index in [0.717, 1.165) is 48.3 Å². The second-order valence-electron chi connectivity index (χ2n) is 6.56. The van der Waals surface area contributed by atoms with Crippen LogP contribution in [0.3, 0.4) is 0 Å². The third-order valence-corrected chi connectivity index (χ3v) is 4.33. The van der Waals surface area contributed by atoms with Gasteiger partial charge in [-0.25, -0.2) is 0 Å². The summed E-state index contributed by atoms with van der Waals surface area (Å²) in [5.41, 5.74) is 2.28. The monoisotopic (exact) mass is 349 g/mol. The molecule has 6 heteroatoms. The number of aromatic nitrogens is 2. The molecule has 0 amide bonds. The first-order valence-electron chi connectivity index (χ1n) is 8.37. The Balaban J connectivity index is 1.76. The van der Waals surface area contributed by atoms with Crippen molar-refractivity contribution < 1.29 is 9.47 Å². The number of rotatable bonds is 7. The predicted molar refractivity (Wildman–Crippen MR) is 94.4 cm³/mol. The van der Waals surface area contributed by atoms with Gasteiger partial charge in [0.15, 0.2) is 11.5 Å². The summed E-state index contributed by atoms with van der Waals surface area (Å²) in [6.45, 7) is 10.3. The molecule has 1 aliphatic heterocycles. The molecule has 0 saturated carbocycles. The Hall–Kier alpha value is -1.72. The van der Waals surface area contributed by atoms with E-state index in [1.54, 1.807) is 0 Å². The number of aryl methyl sites for hydroxylation is 1. The van der Waals surface area contributed by atoms with Gasteiger partial charge in [0.1, 0.15) is 0 Å². The van der Waals surface area contributed by atoms with Crippen LogP contribution in [-0.2, 0) is 19.6 Å². The zero-order valence-corrected chi connectivity index (χ0v) is 15.2. The highest BCUT2D eigenvalue weighted by atomic mass is 35.5. The van der Waals surface area contributed by atoms with Crippen LogP contribution in [0.1, 0.15) is 31.9 Å². The van der Waals surface area contributed by atoms with Crippen LogP contribution in [0.15, 0.2) is 24.5 Å². The molecule has 24 heavy (non-hydrogen) atoms. The average Bonchev–Trinajstić information content (AvgIpc) is 3.15. The quantitative estimate of drug-likeness (QED) is 0.759. The predicted octanol–water partition coefficient (Wildman–Crippen LogP) is 3.94. The maximum Gasteiger partial charge on any atom is 0.231 e. The molecular formula is C18H24ClN3O2. The maximum atomic E-state index is 6.44. The summed E-state index contributed by atoms with van der Waals surface area (Å²) >= 11 is 6.44. The molecule has 1 aliphatic rings. The fraction of sp³-hybridized carbons (Fsp3) is 0.500. The van der Waals surface area contributed by atoms with Gasteiger partial charge in [-0.1, -0.05) is 25.4 Å². The van der Waals surface area contributed by atoms with Gasteiger partial charge in [-0.15, -0.1) is 0 Å². The SMILES string of the molecule is CCn1cc(CN(Cc2cc3c(cc2Cl)OCO3)CC(C)C)cn1. The number of benzene rings is 1. The summed E-state index contributed by atoms with van der Waals surface area (Å²) in [5.74, 6) is 2.07. The number of hydrogen-bond donors (Lipinski definition) is 0. The van der Waals surface area contributed by atoms with E-state index in [1.807, 2.05) is 23.0 Å². The minimum Gasteiger partial charge on any atom is -0.454 e. The third-order valence-electron chi connectivity index (χ3n) is 3.98. The van der Waals surface area contributed by atoms with Crippen molar-refractivity contribution in [1.82, 2.24) is 14.7 Å². The van der Waals surface area contributed by atoms with Crippen molar-refractivity contribution in [2.45, 2.75) is 40.4 Å². The van der Waals surface area contributed by atoms with E-state index in [2.05, 4.69) is 37.0 Å². The standard InChI is InChI=1S/C18H24ClN3O2/c1-4-22-10-14(7-20-22)9-21(8-13(2)3)11-15-5-17-18(6-16(15)19)24-12-23-17/h5-7,10,13H,4,8-9,11-12H2,1-3H3. The third kappa shape index (κ3) is 4.02. The lowest BCUT2D eigenvalue weighted by molar-refractivity contribution is 0.174. The van der Waals surface area contributed by atoms with Gasteiger partial charge in [-0.05, 0) is 24.5 Å². The van der Waals surface area contributed by atoms with E-state index in [9.17, 15) is 0 Å². The molecule has 0 fully saturated rings. The Morgan fingerprint density at radius 2 is 2.00 bits per heavy atom. The maximum absolute atomic E-state index is 6.44. The van der Waals surface area contributed by atoms with Gasteiger partial charge >= 0.3 is 0 Å². The summed E-state index contributed by atoms with van der Waals surface area (Å²) in [7, 11) is 0. The number of halogens is 1. The average molecular weight is 350 g/mol. The molecule has 3 rings (SSSR count). The van der Waals surface area contributed by atoms with E-state index in [0.29, 0.717) is 5.92 Å². The molecule has 0 radical (unpaired) electrons. The molecule has 130 valence electrons. The van der Waals surface area contributed by atoms with Crippen molar-refractivity contribution in [2.75, 3.05) is 13.3 Å². The first kappa shape index (κ1) is 17.1. The van der Waals surface area contributed by atoms with Crippen LogP contribution < -0.4 is 9.47 Å². The zero-order valence-electron chi connectivity index (χ0n) is 14.5. The lowest BCUT2D eigenvalue weighted by Crippen LogP contribution is -2.27. The second-order valence-corrected chi connectivity index (χ2v) is 6.97. The van der Waals surface area contributed by atoms with Crippen LogP contribution in [0.25, 0.3) is 0 Å². The Kier molecular flexibility index (Phi) is 5.31. The van der Waals surface area contributed by atoms with E-state index in [1.165, 1.54) is 5.56 Å². The number of fused-ring (bicyclic) bond motifs is 1. The van der Waals surface area contributed by atoms with E-state index in [-0.39, 0.29) is 6.79 Å². The van der Waals surface area contributed by atoms with Crippen molar-refractivity contribution in [2.24, 2.45) is 5.92 Å². The number of hydrogen-bond acceptors (Lipinski definition) is 4. The van der Waals surface area contributed by atoms with E-state index in [4.69, 9.17) is 21.1 Å². The second kappa shape index (κ2) is 7.45. The minimum absolute atomic E-state index is 0.265. The molecule has 1 aromatic carbocycles. The first-order valence-corrected chi connectivity index (χ1v) is 8.74. The molecule has 0 aliphatic carbocycles. The minimum atomic E-state index is 0.265. The highest BCUT2D eigenvalue weighted by Gasteiger charge is 2.19. The first-order chi connectivity index (χ1) is 11.5. The Morgan fingerprint density at radius 3 is 2.67 bits per heavy atom. The molecule has 0 atom stereocenters. The summed E-state index contributed by atoms with van der Waals surface area (Å²) in [6.07, 6.45) is 4.05. The van der Waals surface area contributed by atoms with Crippen LogP contribution in [0.2, 0.25) is 5.02 Å². The van der Waals surface area contributed by atoms with E-state index < -0.39 is 0 Å².